The Kier molecular flexibility index (Phi) is 4.40. The second kappa shape index (κ2) is 6.47. The zero-order valence-electron chi connectivity index (χ0n) is 11.5. The van der Waals surface area contributed by atoms with Gasteiger partial charge in [-0.1, -0.05) is 27.5 Å². The third-order valence-electron chi connectivity index (χ3n) is 3.06. The fourth-order valence-corrected chi connectivity index (χ4v) is 2.78. The second-order valence-electron chi connectivity index (χ2n) is 4.59. The summed E-state index contributed by atoms with van der Waals surface area (Å²) >= 11 is 9.12. The first-order valence-electron chi connectivity index (χ1n) is 6.45. The van der Waals surface area contributed by atoms with E-state index in [1.54, 1.807) is 30.3 Å². The van der Waals surface area contributed by atoms with E-state index < -0.39 is 5.91 Å². The Morgan fingerprint density at radius 2 is 2.09 bits per heavy atom. The summed E-state index contributed by atoms with van der Waals surface area (Å²) in [6.45, 7) is 0.140. The first-order valence-corrected chi connectivity index (χ1v) is 7.63. The molecule has 0 spiro atoms. The van der Waals surface area contributed by atoms with Crippen LogP contribution in [-0.4, -0.2) is 24.0 Å². The summed E-state index contributed by atoms with van der Waals surface area (Å²) < 4.78 is 11.1. The van der Waals surface area contributed by atoms with Gasteiger partial charge in [-0.05, 0) is 30.3 Å². The van der Waals surface area contributed by atoms with Gasteiger partial charge in [0.05, 0.1) is 11.2 Å². The maximum absolute atomic E-state index is 12.0. The molecule has 2 aromatic carbocycles. The Hall–Kier alpha value is -2.25. The number of phenols is 1. The van der Waals surface area contributed by atoms with Gasteiger partial charge in [-0.25, -0.2) is 5.43 Å². The fourth-order valence-electron chi connectivity index (χ4n) is 1.95. The summed E-state index contributed by atoms with van der Waals surface area (Å²) in [6, 6.07) is 8.00. The molecule has 1 aliphatic rings. The highest BCUT2D eigenvalue weighted by Gasteiger charge is 2.16. The zero-order valence-corrected chi connectivity index (χ0v) is 13.9. The SMILES string of the molecule is O=C(NN=Cc1cc(Br)cc(Cl)c1O)c1ccc2c(c1)OCO2. The second-order valence-corrected chi connectivity index (χ2v) is 5.92. The molecule has 0 radical (unpaired) electrons. The van der Waals surface area contributed by atoms with Crippen molar-refractivity contribution in [1.82, 2.24) is 5.43 Å². The number of benzene rings is 2. The smallest absolute Gasteiger partial charge is 0.271 e. The lowest BCUT2D eigenvalue weighted by molar-refractivity contribution is 0.0954. The van der Waals surface area contributed by atoms with Gasteiger partial charge in [0.1, 0.15) is 5.75 Å². The molecule has 1 amide bonds. The lowest BCUT2D eigenvalue weighted by Crippen LogP contribution is -2.17. The number of fused-ring (bicyclic) bond motifs is 1. The Labute approximate surface area is 144 Å². The van der Waals surface area contributed by atoms with Crippen molar-refractivity contribution in [2.24, 2.45) is 5.10 Å². The largest absolute Gasteiger partial charge is 0.506 e. The summed E-state index contributed by atoms with van der Waals surface area (Å²) in [6.07, 6.45) is 1.30. The van der Waals surface area contributed by atoms with Gasteiger partial charge in [0.15, 0.2) is 11.5 Å². The van der Waals surface area contributed by atoms with Crippen molar-refractivity contribution in [3.05, 3.63) is 51.0 Å². The normalized spacial score (nSPS) is 12.6. The molecular formula is C15H10BrClN2O4. The number of carbonyl (C=O) groups is 1. The minimum Gasteiger partial charge on any atom is -0.506 e. The number of hydrogen-bond donors (Lipinski definition) is 2. The van der Waals surface area contributed by atoms with Crippen LogP contribution in [0.2, 0.25) is 5.02 Å². The van der Waals surface area contributed by atoms with E-state index in [4.69, 9.17) is 21.1 Å². The van der Waals surface area contributed by atoms with Gasteiger partial charge in [-0.2, -0.15) is 5.10 Å². The summed E-state index contributed by atoms with van der Waals surface area (Å²) in [7, 11) is 0. The van der Waals surface area contributed by atoms with Crippen molar-refractivity contribution in [2.75, 3.05) is 6.79 Å². The summed E-state index contributed by atoms with van der Waals surface area (Å²) in [5.74, 6) is 0.577. The van der Waals surface area contributed by atoms with Crippen molar-refractivity contribution in [1.29, 1.82) is 0 Å². The Bertz CT molecular complexity index is 810. The Morgan fingerprint density at radius 3 is 2.91 bits per heavy atom. The number of rotatable bonds is 3. The average molecular weight is 398 g/mol. The highest BCUT2D eigenvalue weighted by Crippen LogP contribution is 2.32. The van der Waals surface area contributed by atoms with E-state index in [1.807, 2.05) is 0 Å². The molecule has 2 N–H and O–H groups in total. The molecule has 6 nitrogen and oxygen atoms in total. The van der Waals surface area contributed by atoms with E-state index in [0.717, 1.165) is 0 Å². The predicted molar refractivity (Wildman–Crippen MR) is 88.4 cm³/mol. The standard InChI is InChI=1S/C15H10BrClN2O4/c16-10-3-9(14(20)11(17)5-10)6-18-19-15(21)8-1-2-12-13(4-8)23-7-22-12/h1-6,20H,7H2,(H,19,21). The minimum atomic E-state index is -0.417. The van der Waals surface area contributed by atoms with Crippen LogP contribution >= 0.6 is 27.5 Å². The van der Waals surface area contributed by atoms with Gasteiger partial charge in [-0.3, -0.25) is 4.79 Å². The Balaban J connectivity index is 1.72. The lowest BCUT2D eigenvalue weighted by atomic mass is 10.2. The van der Waals surface area contributed by atoms with Crippen LogP contribution in [0, 0.1) is 0 Å². The van der Waals surface area contributed by atoms with Gasteiger partial charge < -0.3 is 14.6 Å². The quantitative estimate of drug-likeness (QED) is 0.615. The number of carbonyl (C=O) groups excluding carboxylic acids is 1. The van der Waals surface area contributed by atoms with E-state index in [1.165, 1.54) is 6.21 Å². The molecule has 0 saturated heterocycles. The van der Waals surface area contributed by atoms with Crippen LogP contribution in [0.3, 0.4) is 0 Å². The molecule has 0 unspecified atom stereocenters. The number of hydrogen-bond acceptors (Lipinski definition) is 5. The third-order valence-corrected chi connectivity index (χ3v) is 3.81. The van der Waals surface area contributed by atoms with E-state index >= 15 is 0 Å². The molecule has 0 aliphatic carbocycles. The van der Waals surface area contributed by atoms with Crippen LogP contribution in [0.15, 0.2) is 39.9 Å². The van der Waals surface area contributed by atoms with E-state index in [-0.39, 0.29) is 17.6 Å². The molecule has 1 aliphatic heterocycles. The molecule has 1 heterocycles. The van der Waals surface area contributed by atoms with Crippen molar-refractivity contribution in [3.8, 4) is 17.2 Å². The highest BCUT2D eigenvalue weighted by molar-refractivity contribution is 9.10. The van der Waals surface area contributed by atoms with Crippen LogP contribution in [0.4, 0.5) is 0 Å². The van der Waals surface area contributed by atoms with E-state index in [2.05, 4.69) is 26.5 Å². The van der Waals surface area contributed by atoms with Crippen molar-refractivity contribution in [3.63, 3.8) is 0 Å². The van der Waals surface area contributed by atoms with Crippen LogP contribution in [0.5, 0.6) is 17.2 Å². The van der Waals surface area contributed by atoms with Gasteiger partial charge >= 0.3 is 0 Å². The zero-order chi connectivity index (χ0) is 16.4. The molecular weight excluding hydrogens is 388 g/mol. The van der Waals surface area contributed by atoms with E-state index in [9.17, 15) is 9.90 Å². The molecule has 0 bridgehead atoms. The topological polar surface area (TPSA) is 80.2 Å². The van der Waals surface area contributed by atoms with Crippen molar-refractivity contribution >= 4 is 39.7 Å². The third kappa shape index (κ3) is 3.40. The molecule has 0 saturated carbocycles. The van der Waals surface area contributed by atoms with Crippen molar-refractivity contribution < 1.29 is 19.4 Å². The monoisotopic (exact) mass is 396 g/mol. The number of halogens is 2. The molecule has 23 heavy (non-hydrogen) atoms. The first-order chi connectivity index (χ1) is 11.0. The molecule has 8 heteroatoms. The molecule has 0 fully saturated rings. The maximum Gasteiger partial charge on any atom is 0.271 e. The number of nitrogens with zero attached hydrogens (tertiary/aromatic N) is 1. The molecule has 0 aromatic heterocycles. The Morgan fingerprint density at radius 1 is 1.30 bits per heavy atom. The number of hydrazone groups is 1. The van der Waals surface area contributed by atoms with E-state index in [0.29, 0.717) is 27.1 Å². The summed E-state index contributed by atoms with van der Waals surface area (Å²) in [5, 5.41) is 13.8. The highest BCUT2D eigenvalue weighted by atomic mass is 79.9. The summed E-state index contributed by atoms with van der Waals surface area (Å²) in [5.41, 5.74) is 3.12. The average Bonchev–Trinajstić information content (AvgIpc) is 2.99. The number of aromatic hydroxyl groups is 1. The van der Waals surface area contributed by atoms with Crippen LogP contribution in [-0.2, 0) is 0 Å². The van der Waals surface area contributed by atoms with Crippen LogP contribution < -0.4 is 14.9 Å². The van der Waals surface area contributed by atoms with Crippen molar-refractivity contribution in [2.45, 2.75) is 0 Å². The number of nitrogens with one attached hydrogen (secondary N) is 1. The predicted octanol–water partition coefficient (Wildman–Crippen LogP) is 3.30. The van der Waals surface area contributed by atoms with Gasteiger partial charge in [-0.15, -0.1) is 0 Å². The molecule has 2 aromatic rings. The van der Waals surface area contributed by atoms with Gasteiger partial charge in [0.2, 0.25) is 6.79 Å². The van der Waals surface area contributed by atoms with Gasteiger partial charge in [0.25, 0.3) is 5.91 Å². The fraction of sp³-hybridized carbons (Fsp3) is 0.0667. The molecule has 3 rings (SSSR count). The van der Waals surface area contributed by atoms with Gasteiger partial charge in [0, 0.05) is 15.6 Å². The molecule has 0 atom stereocenters. The lowest BCUT2D eigenvalue weighted by Gasteiger charge is -2.03. The minimum absolute atomic E-state index is 0.115. The number of ether oxygens (including phenoxy) is 2. The first kappa shape index (κ1) is 15.6. The summed E-state index contributed by atoms with van der Waals surface area (Å²) in [4.78, 5) is 12.0. The maximum atomic E-state index is 12.0. The number of amides is 1. The van der Waals surface area contributed by atoms with Crippen LogP contribution in [0.25, 0.3) is 0 Å². The van der Waals surface area contributed by atoms with Crippen LogP contribution in [0.1, 0.15) is 15.9 Å². The number of phenolic OH excluding ortho intramolecular Hbond substituents is 1. The molecule has 118 valence electrons.